The lowest BCUT2D eigenvalue weighted by Crippen LogP contribution is -2.31. The van der Waals surface area contributed by atoms with E-state index in [0.29, 0.717) is 0 Å². The van der Waals surface area contributed by atoms with Gasteiger partial charge in [-0.05, 0) is 39.3 Å². The molecule has 4 nitrogen and oxygen atoms in total. The van der Waals surface area contributed by atoms with Gasteiger partial charge in [0, 0.05) is 5.56 Å². The number of halogens is 3. The third-order valence-corrected chi connectivity index (χ3v) is 6.10. The Morgan fingerprint density at radius 2 is 1.71 bits per heavy atom. The molecule has 1 N–H and O–H groups in total. The Morgan fingerprint density at radius 1 is 1.24 bits per heavy atom. The molecule has 21 heavy (non-hydrogen) atoms. The maximum Gasteiger partial charge on any atom is 0.335 e. The first kappa shape index (κ1) is 18.2. The number of sulfone groups is 1. The van der Waals surface area contributed by atoms with Gasteiger partial charge in [-0.2, -0.15) is 0 Å². The summed E-state index contributed by atoms with van der Waals surface area (Å²) in [6.07, 6.45) is 0. The van der Waals surface area contributed by atoms with Gasteiger partial charge in [0.1, 0.15) is 0 Å². The lowest BCUT2D eigenvalue weighted by molar-refractivity contribution is 0.0695. The van der Waals surface area contributed by atoms with E-state index in [4.69, 9.17) is 28.3 Å². The molecule has 0 amide bonds. The Morgan fingerprint density at radius 3 is 2.05 bits per heavy atom. The summed E-state index contributed by atoms with van der Waals surface area (Å²) in [7, 11) is -4.05. The molecule has 0 fully saturated rings. The number of rotatable bonds is 3. The van der Waals surface area contributed by atoms with Gasteiger partial charge in [0.05, 0.1) is 15.2 Å². The average molecular weight is 357 g/mol. The molecule has 0 aliphatic heterocycles. The van der Waals surface area contributed by atoms with E-state index in [2.05, 4.69) is 0 Å². The van der Waals surface area contributed by atoms with Gasteiger partial charge in [0.15, 0.2) is 9.84 Å². The highest BCUT2D eigenvalue weighted by Crippen LogP contribution is 2.43. The van der Waals surface area contributed by atoms with Crippen LogP contribution >= 0.6 is 23.2 Å². The molecule has 0 aliphatic carbocycles. The minimum Gasteiger partial charge on any atom is -0.478 e. The van der Waals surface area contributed by atoms with Gasteiger partial charge < -0.3 is 5.11 Å². The molecule has 0 saturated carbocycles. The smallest absolute Gasteiger partial charge is 0.335 e. The molecule has 0 bridgehead atoms. The zero-order valence-electron chi connectivity index (χ0n) is 11.9. The minimum absolute atomic E-state index is 0.0988. The Hall–Kier alpha value is -0.850. The van der Waals surface area contributed by atoms with Crippen LogP contribution in [0.15, 0.2) is 17.0 Å². The molecule has 1 aromatic carbocycles. The second-order valence-electron chi connectivity index (χ2n) is 5.53. The fraction of sp³-hybridized carbons (Fsp3) is 0.462. The van der Waals surface area contributed by atoms with Crippen molar-refractivity contribution in [1.29, 1.82) is 0 Å². The molecule has 8 heteroatoms. The van der Waals surface area contributed by atoms with Gasteiger partial charge in [0.25, 0.3) is 4.59 Å². The fourth-order valence-electron chi connectivity index (χ4n) is 1.80. The SMILES string of the molecule is Cc1c(C(=O)O)ccc(C(F)(Cl)Cl)c1S(=O)(=O)C(C)(C)C. The number of carboxylic acids is 1. The van der Waals surface area contributed by atoms with Crippen LogP contribution < -0.4 is 0 Å². The Kier molecular flexibility index (Phi) is 4.69. The van der Waals surface area contributed by atoms with Crippen LogP contribution in [0.4, 0.5) is 4.39 Å². The quantitative estimate of drug-likeness (QED) is 0.835. The number of benzene rings is 1. The van der Waals surface area contributed by atoms with Crippen molar-refractivity contribution in [2.24, 2.45) is 0 Å². The molecule has 0 atom stereocenters. The maximum atomic E-state index is 13.9. The normalized spacial score (nSPS) is 13.3. The van der Waals surface area contributed by atoms with Crippen LogP contribution in [0.1, 0.15) is 42.3 Å². The number of aromatic carboxylic acids is 1. The standard InChI is InChI=1S/C13H15Cl2FO4S/c1-7-8(11(17)18)5-6-9(13(14,15)16)10(7)21(19,20)12(2,3)4/h5-6H,1-4H3,(H,17,18). The highest BCUT2D eigenvalue weighted by atomic mass is 35.5. The Labute approximate surface area is 132 Å². The van der Waals surface area contributed by atoms with Crippen molar-refractivity contribution in [1.82, 2.24) is 0 Å². The van der Waals surface area contributed by atoms with Gasteiger partial charge in [0.2, 0.25) is 0 Å². The number of hydrogen-bond acceptors (Lipinski definition) is 3. The van der Waals surface area contributed by atoms with Crippen LogP contribution in [0.2, 0.25) is 0 Å². The van der Waals surface area contributed by atoms with Crippen molar-refractivity contribution in [3.8, 4) is 0 Å². The van der Waals surface area contributed by atoms with Gasteiger partial charge in [-0.15, -0.1) is 0 Å². The third kappa shape index (κ3) is 3.33. The summed E-state index contributed by atoms with van der Waals surface area (Å²) in [5.74, 6) is -1.32. The van der Waals surface area contributed by atoms with E-state index in [9.17, 15) is 17.6 Å². The molecule has 0 aromatic heterocycles. The zero-order valence-corrected chi connectivity index (χ0v) is 14.2. The molecule has 0 radical (unpaired) electrons. The molecule has 118 valence electrons. The first-order valence-corrected chi connectivity index (χ1v) is 8.14. The second-order valence-corrected chi connectivity index (χ2v) is 9.41. The summed E-state index contributed by atoms with van der Waals surface area (Å²) in [6, 6.07) is 2.06. The van der Waals surface area contributed by atoms with Crippen LogP contribution in [0.25, 0.3) is 0 Å². The van der Waals surface area contributed by atoms with Gasteiger partial charge >= 0.3 is 5.97 Å². The molecule has 0 saturated heterocycles. The van der Waals surface area contributed by atoms with Gasteiger partial charge in [-0.3, -0.25) is 0 Å². The molecule has 0 heterocycles. The number of alkyl halides is 3. The van der Waals surface area contributed by atoms with Gasteiger partial charge in [-0.1, -0.05) is 29.3 Å². The van der Waals surface area contributed by atoms with Gasteiger partial charge in [-0.25, -0.2) is 17.6 Å². The summed E-state index contributed by atoms with van der Waals surface area (Å²) in [6.45, 7) is 5.54. The molecule has 0 spiro atoms. The van der Waals surface area contributed by atoms with Crippen molar-refractivity contribution in [2.45, 2.75) is 41.9 Å². The summed E-state index contributed by atoms with van der Waals surface area (Å²) >= 11 is 10.8. The fourth-order valence-corrected chi connectivity index (χ4v) is 3.85. The minimum atomic E-state index is -4.05. The average Bonchev–Trinajstić information content (AvgIpc) is 2.24. The van der Waals surface area contributed by atoms with Crippen molar-refractivity contribution in [3.05, 3.63) is 28.8 Å². The summed E-state index contributed by atoms with van der Waals surface area (Å²) < 4.78 is 35.0. The summed E-state index contributed by atoms with van der Waals surface area (Å²) in [4.78, 5) is 10.7. The maximum absolute atomic E-state index is 13.9. The summed E-state index contributed by atoms with van der Waals surface area (Å²) in [5, 5.41) is 9.10. The lowest BCUT2D eigenvalue weighted by atomic mass is 10.1. The van der Waals surface area contributed by atoms with Crippen LogP contribution in [0.5, 0.6) is 0 Å². The molecular weight excluding hydrogens is 342 g/mol. The molecular formula is C13H15Cl2FO4S. The largest absolute Gasteiger partial charge is 0.478 e. The first-order chi connectivity index (χ1) is 9.21. The lowest BCUT2D eigenvalue weighted by Gasteiger charge is -2.25. The number of carboxylic acid groups (broad SMARTS) is 1. The van der Waals surface area contributed by atoms with E-state index in [1.54, 1.807) is 0 Å². The molecule has 0 aliphatic rings. The van der Waals surface area contributed by atoms with Crippen molar-refractivity contribution >= 4 is 39.0 Å². The molecule has 0 unspecified atom stereocenters. The van der Waals surface area contributed by atoms with E-state index in [1.807, 2.05) is 0 Å². The number of carbonyl (C=O) groups is 1. The van der Waals surface area contributed by atoms with E-state index in [-0.39, 0.29) is 11.1 Å². The predicted octanol–water partition coefficient (Wildman–Crippen LogP) is 3.82. The second kappa shape index (κ2) is 5.41. The van der Waals surface area contributed by atoms with Crippen LogP contribution in [0.3, 0.4) is 0 Å². The predicted molar refractivity (Wildman–Crippen MR) is 79.6 cm³/mol. The third-order valence-electron chi connectivity index (χ3n) is 3.02. The molecule has 1 rings (SSSR count). The summed E-state index contributed by atoms with van der Waals surface area (Å²) in [5.41, 5.74) is -0.833. The topological polar surface area (TPSA) is 71.4 Å². The van der Waals surface area contributed by atoms with Crippen LogP contribution in [0, 0.1) is 6.92 Å². The Bertz CT molecular complexity index is 685. The van der Waals surface area contributed by atoms with Crippen molar-refractivity contribution < 1.29 is 22.7 Å². The highest BCUT2D eigenvalue weighted by Gasteiger charge is 2.40. The van der Waals surface area contributed by atoms with Crippen LogP contribution in [-0.4, -0.2) is 24.2 Å². The van der Waals surface area contributed by atoms with Crippen molar-refractivity contribution in [2.75, 3.05) is 0 Å². The zero-order chi connectivity index (χ0) is 16.8. The van der Waals surface area contributed by atoms with E-state index in [1.165, 1.54) is 27.7 Å². The first-order valence-electron chi connectivity index (χ1n) is 5.90. The highest BCUT2D eigenvalue weighted by molar-refractivity contribution is 7.92. The van der Waals surface area contributed by atoms with E-state index >= 15 is 0 Å². The van der Waals surface area contributed by atoms with Crippen molar-refractivity contribution in [3.63, 3.8) is 0 Å². The number of hydrogen-bond donors (Lipinski definition) is 1. The van der Waals surface area contributed by atoms with E-state index in [0.717, 1.165) is 12.1 Å². The monoisotopic (exact) mass is 356 g/mol. The van der Waals surface area contributed by atoms with Crippen LogP contribution in [-0.2, 0) is 14.4 Å². The molecule has 1 aromatic rings. The van der Waals surface area contributed by atoms with E-state index < -0.39 is 35.6 Å². The Balaban J connectivity index is 3.93.